The molecule has 5 nitrogen and oxygen atoms in total. The Labute approximate surface area is 104 Å². The van der Waals surface area contributed by atoms with E-state index in [1.807, 2.05) is 13.8 Å². The van der Waals surface area contributed by atoms with E-state index in [1.165, 1.54) is 12.3 Å². The smallest absolute Gasteiger partial charge is 0.337 e. The van der Waals surface area contributed by atoms with E-state index in [-0.39, 0.29) is 29.2 Å². The lowest BCUT2D eigenvalue weighted by Crippen LogP contribution is -2.26. The van der Waals surface area contributed by atoms with Crippen LogP contribution in [0.4, 0.5) is 5.82 Å². The van der Waals surface area contributed by atoms with Crippen LogP contribution in [-0.4, -0.2) is 33.8 Å². The van der Waals surface area contributed by atoms with Crippen molar-refractivity contribution in [2.24, 2.45) is 5.92 Å². The molecule has 0 aliphatic carbocycles. The first-order valence-electron chi connectivity index (χ1n) is 5.22. The van der Waals surface area contributed by atoms with Crippen molar-refractivity contribution < 1.29 is 15.0 Å². The van der Waals surface area contributed by atoms with Gasteiger partial charge in [0.05, 0.1) is 10.6 Å². The third kappa shape index (κ3) is 3.57. The van der Waals surface area contributed by atoms with E-state index in [1.54, 1.807) is 0 Å². The number of aromatic nitrogens is 1. The summed E-state index contributed by atoms with van der Waals surface area (Å²) in [6.45, 7) is 3.83. The summed E-state index contributed by atoms with van der Waals surface area (Å²) in [7, 11) is 0. The third-order valence-corrected chi connectivity index (χ3v) is 2.88. The highest BCUT2D eigenvalue weighted by Crippen LogP contribution is 2.22. The lowest BCUT2D eigenvalue weighted by Gasteiger charge is -2.20. The molecule has 17 heavy (non-hydrogen) atoms. The summed E-state index contributed by atoms with van der Waals surface area (Å²) in [5.41, 5.74) is 0.0448. The van der Waals surface area contributed by atoms with Gasteiger partial charge >= 0.3 is 5.97 Å². The monoisotopic (exact) mass is 258 g/mol. The molecule has 94 valence electrons. The van der Waals surface area contributed by atoms with Crippen LogP contribution in [0.1, 0.15) is 24.2 Å². The maximum absolute atomic E-state index is 10.7. The second kappa shape index (κ2) is 5.84. The van der Waals surface area contributed by atoms with Crippen LogP contribution in [0.15, 0.2) is 12.3 Å². The number of carboxylic acids is 1. The zero-order chi connectivity index (χ0) is 13.0. The van der Waals surface area contributed by atoms with Crippen molar-refractivity contribution >= 4 is 23.4 Å². The number of halogens is 1. The molecular weight excluding hydrogens is 244 g/mol. The third-order valence-electron chi connectivity index (χ3n) is 2.59. The molecule has 0 fully saturated rings. The van der Waals surface area contributed by atoms with Crippen LogP contribution in [0, 0.1) is 5.92 Å². The van der Waals surface area contributed by atoms with Gasteiger partial charge in [0, 0.05) is 18.8 Å². The predicted molar refractivity (Wildman–Crippen MR) is 65.5 cm³/mol. The molecule has 2 unspecified atom stereocenters. The van der Waals surface area contributed by atoms with E-state index in [0.29, 0.717) is 5.82 Å². The molecule has 3 N–H and O–H groups in total. The minimum atomic E-state index is -1.07. The minimum Gasteiger partial charge on any atom is -0.478 e. The number of nitrogens with zero attached hydrogens (tertiary/aromatic N) is 1. The molecule has 1 aromatic rings. The molecule has 0 aromatic carbocycles. The highest BCUT2D eigenvalue weighted by atomic mass is 35.5. The maximum atomic E-state index is 10.7. The van der Waals surface area contributed by atoms with Gasteiger partial charge in [0.15, 0.2) is 0 Å². The fourth-order valence-corrected chi connectivity index (χ4v) is 1.40. The number of aliphatic hydroxyl groups excluding tert-OH is 1. The maximum Gasteiger partial charge on any atom is 0.337 e. The second-order valence-corrected chi connectivity index (χ2v) is 4.36. The van der Waals surface area contributed by atoms with Crippen LogP contribution in [0.5, 0.6) is 0 Å². The van der Waals surface area contributed by atoms with Crippen molar-refractivity contribution in [3.63, 3.8) is 0 Å². The van der Waals surface area contributed by atoms with E-state index in [4.69, 9.17) is 21.8 Å². The molecule has 0 amide bonds. The van der Waals surface area contributed by atoms with Gasteiger partial charge in [-0.3, -0.25) is 0 Å². The van der Waals surface area contributed by atoms with Crippen LogP contribution in [0.2, 0.25) is 5.02 Å². The number of aromatic carboxylic acids is 1. The molecule has 0 bridgehead atoms. The summed E-state index contributed by atoms with van der Waals surface area (Å²) in [5, 5.41) is 21.0. The van der Waals surface area contributed by atoms with Crippen molar-refractivity contribution in [3.8, 4) is 0 Å². The average molecular weight is 259 g/mol. The summed E-state index contributed by atoms with van der Waals surface area (Å²) in [5.74, 6) is -0.598. The molecular formula is C11H15ClN2O3. The SMILES string of the molecule is CC(CO)C(C)Nc1ncc(C(=O)O)cc1Cl. The molecule has 1 heterocycles. The first-order valence-corrected chi connectivity index (χ1v) is 5.59. The Bertz CT molecular complexity index is 412. The van der Waals surface area contributed by atoms with Gasteiger partial charge < -0.3 is 15.5 Å². The van der Waals surface area contributed by atoms with Crippen LogP contribution in [-0.2, 0) is 0 Å². The van der Waals surface area contributed by atoms with Crippen molar-refractivity contribution in [2.75, 3.05) is 11.9 Å². The van der Waals surface area contributed by atoms with Crippen LogP contribution in [0.3, 0.4) is 0 Å². The lowest BCUT2D eigenvalue weighted by atomic mass is 10.1. The fourth-order valence-electron chi connectivity index (χ4n) is 1.18. The first kappa shape index (κ1) is 13.7. The Hall–Kier alpha value is -1.33. The highest BCUT2D eigenvalue weighted by Gasteiger charge is 2.14. The van der Waals surface area contributed by atoms with E-state index in [2.05, 4.69) is 10.3 Å². The molecule has 0 aliphatic rings. The standard InChI is InChI=1S/C11H15ClN2O3/c1-6(5-15)7(2)14-10-9(12)3-8(4-13-10)11(16)17/h3-4,6-7,15H,5H2,1-2H3,(H,13,14)(H,16,17). The molecule has 0 spiro atoms. The van der Waals surface area contributed by atoms with Gasteiger partial charge in [-0.2, -0.15) is 0 Å². The molecule has 1 aromatic heterocycles. The first-order chi connectivity index (χ1) is 7.95. The van der Waals surface area contributed by atoms with Crippen molar-refractivity contribution in [3.05, 3.63) is 22.8 Å². The number of hydrogen-bond acceptors (Lipinski definition) is 4. The Morgan fingerprint density at radius 3 is 2.71 bits per heavy atom. The van der Waals surface area contributed by atoms with Crippen molar-refractivity contribution in [1.82, 2.24) is 4.98 Å². The van der Waals surface area contributed by atoms with Crippen molar-refractivity contribution in [2.45, 2.75) is 19.9 Å². The number of nitrogens with one attached hydrogen (secondary N) is 1. The zero-order valence-corrected chi connectivity index (χ0v) is 10.4. The Balaban J connectivity index is 2.82. The number of pyridine rings is 1. The van der Waals surface area contributed by atoms with Crippen molar-refractivity contribution in [1.29, 1.82) is 0 Å². The molecule has 6 heteroatoms. The number of hydrogen-bond donors (Lipinski definition) is 3. The van der Waals surface area contributed by atoms with E-state index in [9.17, 15) is 4.79 Å². The zero-order valence-electron chi connectivity index (χ0n) is 9.64. The topological polar surface area (TPSA) is 82.5 Å². The largest absolute Gasteiger partial charge is 0.478 e. The average Bonchev–Trinajstić information content (AvgIpc) is 2.30. The number of aliphatic hydroxyl groups is 1. The van der Waals surface area contributed by atoms with Gasteiger partial charge in [0.2, 0.25) is 0 Å². The van der Waals surface area contributed by atoms with Crippen LogP contribution in [0.25, 0.3) is 0 Å². The molecule has 0 radical (unpaired) electrons. The van der Waals surface area contributed by atoms with E-state index < -0.39 is 5.97 Å². The molecule has 0 aliphatic heterocycles. The minimum absolute atomic E-state index is 0.0133. The number of carboxylic acid groups (broad SMARTS) is 1. The summed E-state index contributed by atoms with van der Waals surface area (Å²) in [6.07, 6.45) is 1.24. The van der Waals surface area contributed by atoms with E-state index in [0.717, 1.165) is 0 Å². The quantitative estimate of drug-likeness (QED) is 0.751. The molecule has 0 saturated heterocycles. The molecule has 2 atom stereocenters. The predicted octanol–water partition coefficient (Wildman–Crippen LogP) is 1.86. The molecule has 0 saturated carbocycles. The lowest BCUT2D eigenvalue weighted by molar-refractivity contribution is 0.0696. The van der Waals surface area contributed by atoms with Gasteiger partial charge in [0.25, 0.3) is 0 Å². The van der Waals surface area contributed by atoms with Gasteiger partial charge in [-0.15, -0.1) is 0 Å². The highest BCUT2D eigenvalue weighted by molar-refractivity contribution is 6.33. The van der Waals surface area contributed by atoms with Gasteiger partial charge in [-0.25, -0.2) is 9.78 Å². The van der Waals surface area contributed by atoms with Crippen LogP contribution < -0.4 is 5.32 Å². The van der Waals surface area contributed by atoms with Gasteiger partial charge in [-0.1, -0.05) is 18.5 Å². The van der Waals surface area contributed by atoms with E-state index >= 15 is 0 Å². The Morgan fingerprint density at radius 2 is 2.24 bits per heavy atom. The number of anilines is 1. The van der Waals surface area contributed by atoms with Crippen LogP contribution >= 0.6 is 11.6 Å². The Kier molecular flexibility index (Phi) is 4.72. The number of carbonyl (C=O) groups is 1. The fraction of sp³-hybridized carbons (Fsp3) is 0.455. The molecule has 1 rings (SSSR count). The number of rotatable bonds is 5. The summed E-state index contributed by atoms with van der Waals surface area (Å²) in [4.78, 5) is 14.6. The van der Waals surface area contributed by atoms with Gasteiger partial charge in [-0.05, 0) is 18.9 Å². The van der Waals surface area contributed by atoms with Gasteiger partial charge in [0.1, 0.15) is 5.82 Å². The summed E-state index contributed by atoms with van der Waals surface area (Å²) >= 11 is 5.91. The Morgan fingerprint density at radius 1 is 1.59 bits per heavy atom. The summed E-state index contributed by atoms with van der Waals surface area (Å²) < 4.78 is 0. The normalized spacial score (nSPS) is 14.1. The summed E-state index contributed by atoms with van der Waals surface area (Å²) in [6, 6.07) is 1.33. The second-order valence-electron chi connectivity index (χ2n) is 3.95.